The van der Waals surface area contributed by atoms with Gasteiger partial charge in [0, 0.05) is 17.5 Å². The Morgan fingerprint density at radius 2 is 1.96 bits per heavy atom. The van der Waals surface area contributed by atoms with Crippen LogP contribution in [0.15, 0.2) is 48.7 Å². The van der Waals surface area contributed by atoms with Gasteiger partial charge in [-0.3, -0.25) is 14.6 Å². The lowest BCUT2D eigenvalue weighted by molar-refractivity contribution is 0.0928. The van der Waals surface area contributed by atoms with Crippen LogP contribution in [-0.2, 0) is 11.2 Å². The number of carbonyl (C=O) groups is 2. The molecule has 0 saturated carbocycles. The third kappa shape index (κ3) is 3.77. The minimum Gasteiger partial charge on any atom is -0.379 e. The van der Waals surface area contributed by atoms with Gasteiger partial charge in [0.2, 0.25) is 0 Å². The molecular formula is C21H20N2O3S. The molecule has 1 amide bonds. The molecule has 0 bridgehead atoms. The van der Waals surface area contributed by atoms with Crippen molar-refractivity contribution in [2.75, 3.05) is 13.2 Å². The molecule has 6 heteroatoms. The zero-order valence-electron chi connectivity index (χ0n) is 15.0. The second-order valence-corrected chi connectivity index (χ2v) is 7.87. The van der Waals surface area contributed by atoms with Gasteiger partial charge in [0.1, 0.15) is 0 Å². The van der Waals surface area contributed by atoms with Crippen LogP contribution in [0.1, 0.15) is 31.8 Å². The molecule has 27 heavy (non-hydrogen) atoms. The molecule has 0 spiro atoms. The molecule has 0 unspecified atom stereocenters. The van der Waals surface area contributed by atoms with Crippen molar-refractivity contribution in [2.45, 2.75) is 19.4 Å². The molecule has 2 atom stereocenters. The average Bonchev–Trinajstić information content (AvgIpc) is 3.32. The Morgan fingerprint density at radius 1 is 1.15 bits per heavy atom. The highest BCUT2D eigenvalue weighted by atomic mass is 32.1. The van der Waals surface area contributed by atoms with Gasteiger partial charge in [-0.15, -0.1) is 11.3 Å². The van der Waals surface area contributed by atoms with Gasteiger partial charge in [-0.25, -0.2) is 0 Å². The number of nitrogens with zero attached hydrogens (tertiary/aromatic N) is 1. The van der Waals surface area contributed by atoms with Crippen molar-refractivity contribution >= 4 is 33.9 Å². The summed E-state index contributed by atoms with van der Waals surface area (Å²) >= 11 is 1.23. The van der Waals surface area contributed by atoms with E-state index in [1.807, 2.05) is 30.5 Å². The lowest BCUT2D eigenvalue weighted by Crippen LogP contribution is -2.40. The van der Waals surface area contributed by atoms with E-state index in [0.717, 1.165) is 17.3 Å². The number of para-hydroxylation sites is 1. The lowest BCUT2D eigenvalue weighted by Gasteiger charge is -2.19. The summed E-state index contributed by atoms with van der Waals surface area (Å²) in [5.74, 6) is 0.0327. The van der Waals surface area contributed by atoms with Gasteiger partial charge in [0.05, 0.1) is 34.5 Å². The Bertz CT molecular complexity index is 993. The molecule has 1 aliphatic rings. The van der Waals surface area contributed by atoms with E-state index in [1.165, 1.54) is 23.8 Å². The second kappa shape index (κ2) is 7.58. The summed E-state index contributed by atoms with van der Waals surface area (Å²) in [6.45, 7) is 2.63. The molecule has 138 valence electrons. The van der Waals surface area contributed by atoms with E-state index in [2.05, 4.69) is 16.4 Å². The summed E-state index contributed by atoms with van der Waals surface area (Å²) in [5.41, 5.74) is 2.19. The van der Waals surface area contributed by atoms with Crippen molar-refractivity contribution < 1.29 is 14.3 Å². The topological polar surface area (TPSA) is 68.3 Å². The zero-order valence-corrected chi connectivity index (χ0v) is 15.8. The van der Waals surface area contributed by atoms with E-state index < -0.39 is 0 Å². The molecule has 4 rings (SSSR count). The Labute approximate surface area is 161 Å². The third-order valence-electron chi connectivity index (χ3n) is 4.91. The van der Waals surface area contributed by atoms with Crippen LogP contribution in [0.3, 0.4) is 0 Å². The number of ether oxygens (including phenoxy) is 1. The first-order valence-electron chi connectivity index (χ1n) is 8.94. The molecule has 1 aliphatic heterocycles. The highest BCUT2D eigenvalue weighted by molar-refractivity contribution is 7.15. The quantitative estimate of drug-likeness (QED) is 0.688. The fraction of sp³-hybridized carbons (Fsp3) is 0.286. The van der Waals surface area contributed by atoms with E-state index in [1.54, 1.807) is 12.1 Å². The van der Waals surface area contributed by atoms with Crippen LogP contribution in [0, 0.1) is 5.92 Å². The Hall–Kier alpha value is -2.57. The van der Waals surface area contributed by atoms with E-state index in [4.69, 9.17) is 4.74 Å². The number of ketones is 1. The summed E-state index contributed by atoms with van der Waals surface area (Å²) in [7, 11) is 0. The highest BCUT2D eigenvalue weighted by Gasteiger charge is 2.30. The van der Waals surface area contributed by atoms with Crippen LogP contribution in [0.25, 0.3) is 10.9 Å². The number of amides is 1. The SMILES string of the molecule is CC(=O)c1ccc(C(=O)N[C@@H]2COC[C@H]2Cc2ccnc3ccccc23)s1. The maximum absolute atomic E-state index is 12.6. The summed E-state index contributed by atoms with van der Waals surface area (Å²) in [6.07, 6.45) is 2.65. The van der Waals surface area contributed by atoms with Crippen LogP contribution < -0.4 is 5.32 Å². The Morgan fingerprint density at radius 3 is 2.78 bits per heavy atom. The van der Waals surface area contributed by atoms with Crippen LogP contribution >= 0.6 is 11.3 Å². The number of fused-ring (bicyclic) bond motifs is 1. The molecule has 3 aromatic rings. The predicted octanol–water partition coefficient (Wildman–Crippen LogP) is 3.49. The summed E-state index contributed by atoms with van der Waals surface area (Å²) < 4.78 is 5.65. The second-order valence-electron chi connectivity index (χ2n) is 6.79. The third-order valence-corrected chi connectivity index (χ3v) is 6.10. The van der Waals surface area contributed by atoms with Gasteiger partial charge in [-0.2, -0.15) is 0 Å². The molecule has 0 radical (unpaired) electrons. The van der Waals surface area contributed by atoms with Gasteiger partial charge in [0.25, 0.3) is 5.91 Å². The first kappa shape index (κ1) is 17.8. The van der Waals surface area contributed by atoms with E-state index in [9.17, 15) is 9.59 Å². The molecule has 1 fully saturated rings. The summed E-state index contributed by atoms with van der Waals surface area (Å²) in [5, 5.41) is 4.23. The first-order chi connectivity index (χ1) is 13.1. The van der Waals surface area contributed by atoms with Gasteiger partial charge in [-0.05, 0) is 43.2 Å². The van der Waals surface area contributed by atoms with Crippen molar-refractivity contribution in [3.63, 3.8) is 0 Å². The standard InChI is InChI=1S/C21H20N2O3S/c1-13(24)19-6-7-20(27-19)21(25)23-18-12-26-11-15(18)10-14-8-9-22-17-5-3-2-4-16(14)17/h2-9,15,18H,10-12H2,1H3,(H,23,25)/t15-,18-/m1/s1. The number of nitrogens with one attached hydrogen (secondary N) is 1. The van der Waals surface area contributed by atoms with Crippen molar-refractivity contribution in [1.82, 2.24) is 10.3 Å². The number of benzene rings is 1. The maximum Gasteiger partial charge on any atom is 0.261 e. The lowest BCUT2D eigenvalue weighted by atomic mass is 9.93. The van der Waals surface area contributed by atoms with E-state index in [0.29, 0.717) is 23.0 Å². The molecular weight excluding hydrogens is 360 g/mol. The predicted molar refractivity (Wildman–Crippen MR) is 105 cm³/mol. The number of carbonyl (C=O) groups excluding carboxylic acids is 2. The Balaban J connectivity index is 1.48. The average molecular weight is 380 g/mol. The van der Waals surface area contributed by atoms with Crippen molar-refractivity contribution in [2.24, 2.45) is 5.92 Å². The smallest absolute Gasteiger partial charge is 0.261 e. The van der Waals surface area contributed by atoms with Crippen molar-refractivity contribution in [3.8, 4) is 0 Å². The van der Waals surface area contributed by atoms with Crippen molar-refractivity contribution in [1.29, 1.82) is 0 Å². The van der Waals surface area contributed by atoms with Gasteiger partial charge >= 0.3 is 0 Å². The number of Topliss-reactive ketones (excluding diaryl/α,β-unsaturated/α-hetero) is 1. The molecule has 0 aliphatic carbocycles. The van der Waals surface area contributed by atoms with Gasteiger partial charge in [-0.1, -0.05) is 18.2 Å². The maximum atomic E-state index is 12.6. The molecule has 1 aromatic carbocycles. The molecule has 3 heterocycles. The monoisotopic (exact) mass is 380 g/mol. The number of pyridine rings is 1. The number of rotatable bonds is 5. The fourth-order valence-corrected chi connectivity index (χ4v) is 4.27. The van der Waals surface area contributed by atoms with E-state index >= 15 is 0 Å². The fourth-order valence-electron chi connectivity index (χ4n) is 3.46. The minimum absolute atomic E-state index is 0.0225. The Kier molecular flexibility index (Phi) is 5.01. The van der Waals surface area contributed by atoms with Crippen molar-refractivity contribution in [3.05, 3.63) is 64.0 Å². The minimum atomic E-state index is -0.146. The van der Waals surface area contributed by atoms with Crippen LogP contribution in [0.4, 0.5) is 0 Å². The molecule has 1 N–H and O–H groups in total. The number of hydrogen-bond donors (Lipinski definition) is 1. The first-order valence-corrected chi connectivity index (χ1v) is 9.75. The molecule has 5 nitrogen and oxygen atoms in total. The van der Waals surface area contributed by atoms with Crippen LogP contribution in [-0.4, -0.2) is 35.9 Å². The largest absolute Gasteiger partial charge is 0.379 e. The number of thiophene rings is 1. The highest BCUT2D eigenvalue weighted by Crippen LogP contribution is 2.25. The van der Waals surface area contributed by atoms with Crippen LogP contribution in [0.2, 0.25) is 0 Å². The summed E-state index contributed by atoms with van der Waals surface area (Å²) in [4.78, 5) is 29.6. The van der Waals surface area contributed by atoms with Gasteiger partial charge in [0.15, 0.2) is 5.78 Å². The molecule has 2 aromatic heterocycles. The van der Waals surface area contributed by atoms with Gasteiger partial charge < -0.3 is 10.1 Å². The summed E-state index contributed by atoms with van der Waals surface area (Å²) in [6, 6.07) is 13.5. The number of hydrogen-bond acceptors (Lipinski definition) is 5. The number of aromatic nitrogens is 1. The van der Waals surface area contributed by atoms with Crippen LogP contribution in [0.5, 0.6) is 0 Å². The normalized spacial score (nSPS) is 19.3. The van der Waals surface area contributed by atoms with E-state index in [-0.39, 0.29) is 23.7 Å². The zero-order chi connectivity index (χ0) is 18.8. The molecule has 1 saturated heterocycles.